The molecule has 1 aromatic heterocycles. The first kappa shape index (κ1) is 22.8. The second-order valence-electron chi connectivity index (χ2n) is 7.90. The van der Waals surface area contributed by atoms with E-state index in [0.717, 1.165) is 22.4 Å². The number of hydrogen-bond acceptors (Lipinski definition) is 6. The van der Waals surface area contributed by atoms with Gasteiger partial charge in [-0.25, -0.2) is 0 Å². The predicted octanol–water partition coefficient (Wildman–Crippen LogP) is 4.57. The molecule has 0 spiro atoms. The summed E-state index contributed by atoms with van der Waals surface area (Å²) in [5.41, 5.74) is 2.84. The molecule has 2 aromatic carbocycles. The van der Waals surface area contributed by atoms with Gasteiger partial charge < -0.3 is 19.7 Å². The van der Waals surface area contributed by atoms with Crippen molar-refractivity contribution in [2.45, 2.75) is 45.4 Å². The summed E-state index contributed by atoms with van der Waals surface area (Å²) >= 11 is 0. The van der Waals surface area contributed by atoms with Gasteiger partial charge in [0.2, 0.25) is 5.82 Å². The van der Waals surface area contributed by atoms with Crippen LogP contribution in [0.4, 0.5) is 0 Å². The standard InChI is InChI=1S/C23H25N3O4.ClH/c1-14(2)29-20-9-7-17(8-10-20)22-25-21(26-30-22)16-5-3-15(4-6-16)13-24-19-11-18(12-19)23(27)28;/h3-10,14,18-19,24H,11-13H2,1-2H3,(H,27,28);1H/t18-,19+;. The van der Waals surface area contributed by atoms with E-state index in [2.05, 4.69) is 15.5 Å². The van der Waals surface area contributed by atoms with Crippen LogP contribution < -0.4 is 10.1 Å². The minimum absolute atomic E-state index is 0. The highest BCUT2D eigenvalue weighted by Gasteiger charge is 2.33. The normalized spacial score (nSPS) is 17.6. The number of benzene rings is 2. The average Bonchev–Trinajstić information content (AvgIpc) is 3.17. The molecule has 164 valence electrons. The van der Waals surface area contributed by atoms with E-state index in [0.29, 0.717) is 31.1 Å². The number of aliphatic carboxylic acids is 1. The Bertz CT molecular complexity index is 996. The maximum atomic E-state index is 10.9. The fourth-order valence-corrected chi connectivity index (χ4v) is 3.43. The van der Waals surface area contributed by atoms with Crippen LogP contribution in [-0.2, 0) is 11.3 Å². The molecule has 0 radical (unpaired) electrons. The van der Waals surface area contributed by atoms with E-state index in [1.165, 1.54) is 0 Å². The highest BCUT2D eigenvalue weighted by atomic mass is 35.5. The molecule has 4 rings (SSSR count). The number of halogens is 1. The Balaban J connectivity index is 0.00000272. The van der Waals surface area contributed by atoms with Gasteiger partial charge in [-0.1, -0.05) is 29.4 Å². The van der Waals surface area contributed by atoms with Gasteiger partial charge in [0, 0.05) is 23.7 Å². The lowest BCUT2D eigenvalue weighted by Gasteiger charge is -2.33. The summed E-state index contributed by atoms with van der Waals surface area (Å²) in [6.07, 6.45) is 1.52. The molecule has 0 saturated heterocycles. The van der Waals surface area contributed by atoms with Crippen LogP contribution in [0.25, 0.3) is 22.8 Å². The summed E-state index contributed by atoms with van der Waals surface area (Å²) in [5.74, 6) is 0.908. The Morgan fingerprint density at radius 3 is 2.39 bits per heavy atom. The molecule has 3 aromatic rings. The van der Waals surface area contributed by atoms with Crippen molar-refractivity contribution in [1.82, 2.24) is 15.5 Å². The highest BCUT2D eigenvalue weighted by Crippen LogP contribution is 2.28. The second kappa shape index (κ2) is 9.94. The first-order valence-corrected chi connectivity index (χ1v) is 10.1. The number of aromatic nitrogens is 2. The van der Waals surface area contributed by atoms with Gasteiger partial charge in [-0.3, -0.25) is 4.79 Å². The largest absolute Gasteiger partial charge is 0.491 e. The zero-order valence-electron chi connectivity index (χ0n) is 17.4. The zero-order valence-corrected chi connectivity index (χ0v) is 18.3. The highest BCUT2D eigenvalue weighted by molar-refractivity contribution is 5.85. The molecule has 31 heavy (non-hydrogen) atoms. The second-order valence-corrected chi connectivity index (χ2v) is 7.90. The van der Waals surface area contributed by atoms with Crippen LogP contribution in [0, 0.1) is 5.92 Å². The Morgan fingerprint density at radius 2 is 1.77 bits per heavy atom. The van der Waals surface area contributed by atoms with Crippen molar-refractivity contribution >= 4 is 18.4 Å². The number of rotatable bonds is 8. The van der Waals surface area contributed by atoms with E-state index in [4.69, 9.17) is 14.4 Å². The molecule has 1 fully saturated rings. The fraction of sp³-hybridized carbons (Fsp3) is 0.348. The number of carboxylic acids is 1. The van der Waals surface area contributed by atoms with Crippen LogP contribution >= 0.6 is 12.4 Å². The first-order chi connectivity index (χ1) is 14.5. The smallest absolute Gasteiger partial charge is 0.306 e. The van der Waals surface area contributed by atoms with Crippen molar-refractivity contribution in [2.24, 2.45) is 5.92 Å². The summed E-state index contributed by atoms with van der Waals surface area (Å²) in [4.78, 5) is 15.4. The van der Waals surface area contributed by atoms with Crippen molar-refractivity contribution in [2.75, 3.05) is 0 Å². The quantitative estimate of drug-likeness (QED) is 0.526. The molecule has 2 N–H and O–H groups in total. The van der Waals surface area contributed by atoms with Crippen molar-refractivity contribution < 1.29 is 19.2 Å². The predicted molar refractivity (Wildman–Crippen MR) is 119 cm³/mol. The van der Waals surface area contributed by atoms with Gasteiger partial charge in [0.05, 0.1) is 12.0 Å². The molecule has 0 bridgehead atoms. The summed E-state index contributed by atoms with van der Waals surface area (Å²) in [6.45, 7) is 4.68. The van der Waals surface area contributed by atoms with Crippen molar-refractivity contribution in [3.8, 4) is 28.6 Å². The number of hydrogen-bond donors (Lipinski definition) is 2. The number of carbonyl (C=O) groups is 1. The fourth-order valence-electron chi connectivity index (χ4n) is 3.43. The summed E-state index contributed by atoms with van der Waals surface area (Å²) in [6, 6.07) is 15.8. The molecular weight excluding hydrogens is 418 g/mol. The third-order valence-corrected chi connectivity index (χ3v) is 5.19. The van der Waals surface area contributed by atoms with Gasteiger partial charge in [0.25, 0.3) is 5.89 Å². The van der Waals surface area contributed by atoms with Crippen LogP contribution in [0.3, 0.4) is 0 Å². The third kappa shape index (κ3) is 5.62. The molecule has 1 aliphatic rings. The minimum atomic E-state index is -0.697. The molecule has 1 heterocycles. The molecule has 1 aliphatic carbocycles. The monoisotopic (exact) mass is 443 g/mol. The van der Waals surface area contributed by atoms with Crippen LogP contribution in [0.5, 0.6) is 5.75 Å². The van der Waals surface area contributed by atoms with Crippen molar-refractivity contribution in [1.29, 1.82) is 0 Å². The lowest BCUT2D eigenvalue weighted by Crippen LogP contribution is -2.43. The number of ether oxygens (including phenoxy) is 1. The van der Waals surface area contributed by atoms with Gasteiger partial charge >= 0.3 is 5.97 Å². The zero-order chi connectivity index (χ0) is 21.1. The van der Waals surface area contributed by atoms with Gasteiger partial charge in [-0.05, 0) is 56.5 Å². The summed E-state index contributed by atoms with van der Waals surface area (Å²) in [5, 5.41) is 16.4. The molecule has 0 atom stereocenters. The third-order valence-electron chi connectivity index (χ3n) is 5.19. The van der Waals surface area contributed by atoms with E-state index in [1.54, 1.807) is 0 Å². The number of nitrogens with zero attached hydrogens (tertiary/aromatic N) is 2. The Labute approximate surface area is 187 Å². The molecule has 0 aliphatic heterocycles. The first-order valence-electron chi connectivity index (χ1n) is 10.1. The van der Waals surface area contributed by atoms with E-state index in [1.807, 2.05) is 62.4 Å². The summed E-state index contributed by atoms with van der Waals surface area (Å²) < 4.78 is 11.1. The SMILES string of the molecule is CC(C)Oc1ccc(-c2nc(-c3ccc(CN[C@H]4C[C@@H](C(=O)O)C4)cc3)no2)cc1.Cl. The molecule has 8 heteroatoms. The van der Waals surface area contributed by atoms with Crippen LogP contribution in [0.2, 0.25) is 0 Å². The van der Waals surface area contributed by atoms with Crippen LogP contribution in [0.1, 0.15) is 32.3 Å². The van der Waals surface area contributed by atoms with Gasteiger partial charge in [0.1, 0.15) is 5.75 Å². The van der Waals surface area contributed by atoms with E-state index in [-0.39, 0.29) is 30.5 Å². The molecule has 7 nitrogen and oxygen atoms in total. The lowest BCUT2D eigenvalue weighted by atomic mass is 9.80. The number of nitrogens with one attached hydrogen (secondary N) is 1. The van der Waals surface area contributed by atoms with E-state index >= 15 is 0 Å². The topological polar surface area (TPSA) is 97.5 Å². The molecule has 0 unspecified atom stereocenters. The maximum Gasteiger partial charge on any atom is 0.306 e. The Hall–Kier alpha value is -2.90. The Morgan fingerprint density at radius 1 is 1.13 bits per heavy atom. The maximum absolute atomic E-state index is 10.9. The Kier molecular flexibility index (Phi) is 7.30. The van der Waals surface area contributed by atoms with Gasteiger partial charge in [-0.15, -0.1) is 12.4 Å². The van der Waals surface area contributed by atoms with Gasteiger partial charge in [-0.2, -0.15) is 4.98 Å². The molecular formula is C23H26ClN3O4. The van der Waals surface area contributed by atoms with E-state index < -0.39 is 5.97 Å². The van der Waals surface area contributed by atoms with Crippen LogP contribution in [-0.4, -0.2) is 33.4 Å². The minimum Gasteiger partial charge on any atom is -0.491 e. The van der Waals surface area contributed by atoms with E-state index in [9.17, 15) is 4.79 Å². The van der Waals surface area contributed by atoms with Crippen LogP contribution in [0.15, 0.2) is 53.1 Å². The summed E-state index contributed by atoms with van der Waals surface area (Å²) in [7, 11) is 0. The lowest BCUT2D eigenvalue weighted by molar-refractivity contribution is -0.145. The average molecular weight is 444 g/mol. The number of carboxylic acid groups (broad SMARTS) is 1. The van der Waals surface area contributed by atoms with Crippen molar-refractivity contribution in [3.05, 3.63) is 54.1 Å². The molecule has 1 saturated carbocycles. The van der Waals surface area contributed by atoms with Crippen molar-refractivity contribution in [3.63, 3.8) is 0 Å². The molecule has 0 amide bonds. The van der Waals surface area contributed by atoms with Gasteiger partial charge in [0.15, 0.2) is 0 Å².